The largest absolute Gasteiger partial charge is 0.326 e. The maximum atomic E-state index is 11.6. The molecule has 1 amide bonds. The number of hydrogen-bond acceptors (Lipinski definition) is 2. The van der Waals surface area contributed by atoms with E-state index in [9.17, 15) is 4.79 Å². The Labute approximate surface area is 97.0 Å². The van der Waals surface area contributed by atoms with E-state index in [1.165, 1.54) is 0 Å². The fourth-order valence-electron chi connectivity index (χ4n) is 1.42. The van der Waals surface area contributed by atoms with E-state index >= 15 is 0 Å². The number of anilines is 1. The van der Waals surface area contributed by atoms with Crippen LogP contribution in [0.3, 0.4) is 0 Å². The van der Waals surface area contributed by atoms with Crippen molar-refractivity contribution in [1.82, 2.24) is 0 Å². The van der Waals surface area contributed by atoms with E-state index in [1.54, 1.807) is 0 Å². The standard InChI is InChI=1S/C13H20N2O/c1-10(2)6-7-13(16)15-12-5-3-4-11(8-12)9-14/h3-5,8,10H,6-7,9,14H2,1-2H3,(H,15,16). The minimum atomic E-state index is 0.0721. The molecule has 0 saturated heterocycles. The topological polar surface area (TPSA) is 55.1 Å². The van der Waals surface area contributed by atoms with Crippen molar-refractivity contribution in [1.29, 1.82) is 0 Å². The fraction of sp³-hybridized carbons (Fsp3) is 0.462. The van der Waals surface area contributed by atoms with Gasteiger partial charge in [-0.3, -0.25) is 4.79 Å². The van der Waals surface area contributed by atoms with Crippen LogP contribution >= 0.6 is 0 Å². The summed E-state index contributed by atoms with van der Waals surface area (Å²) in [7, 11) is 0. The zero-order valence-electron chi connectivity index (χ0n) is 9.99. The molecule has 0 aliphatic heterocycles. The average molecular weight is 220 g/mol. The van der Waals surface area contributed by atoms with Crippen molar-refractivity contribution < 1.29 is 4.79 Å². The predicted molar refractivity (Wildman–Crippen MR) is 67.0 cm³/mol. The van der Waals surface area contributed by atoms with Gasteiger partial charge in [0.05, 0.1) is 0 Å². The van der Waals surface area contributed by atoms with Gasteiger partial charge >= 0.3 is 0 Å². The van der Waals surface area contributed by atoms with Gasteiger partial charge in [-0.25, -0.2) is 0 Å². The Balaban J connectivity index is 2.49. The first-order chi connectivity index (χ1) is 7.61. The van der Waals surface area contributed by atoms with Crippen LogP contribution in [0.1, 0.15) is 32.3 Å². The van der Waals surface area contributed by atoms with Crippen LogP contribution in [0, 0.1) is 5.92 Å². The van der Waals surface area contributed by atoms with E-state index in [1.807, 2.05) is 24.3 Å². The highest BCUT2D eigenvalue weighted by molar-refractivity contribution is 5.90. The Morgan fingerprint density at radius 3 is 2.81 bits per heavy atom. The number of carbonyl (C=O) groups excluding carboxylic acids is 1. The lowest BCUT2D eigenvalue weighted by Crippen LogP contribution is -2.12. The third-order valence-electron chi connectivity index (χ3n) is 2.40. The molecule has 0 bridgehead atoms. The summed E-state index contributed by atoms with van der Waals surface area (Å²) >= 11 is 0. The van der Waals surface area contributed by atoms with Gasteiger partial charge in [0.2, 0.25) is 5.91 Å². The number of benzene rings is 1. The normalized spacial score (nSPS) is 10.5. The molecule has 0 heterocycles. The second kappa shape index (κ2) is 6.28. The van der Waals surface area contributed by atoms with Gasteiger partial charge in [0.15, 0.2) is 0 Å². The summed E-state index contributed by atoms with van der Waals surface area (Å²) in [6, 6.07) is 7.64. The summed E-state index contributed by atoms with van der Waals surface area (Å²) in [5.41, 5.74) is 7.39. The van der Waals surface area contributed by atoms with Crippen LogP contribution in [0.5, 0.6) is 0 Å². The van der Waals surface area contributed by atoms with Crippen molar-refractivity contribution in [2.24, 2.45) is 11.7 Å². The van der Waals surface area contributed by atoms with Crippen molar-refractivity contribution in [2.75, 3.05) is 5.32 Å². The van der Waals surface area contributed by atoms with Gasteiger partial charge < -0.3 is 11.1 Å². The van der Waals surface area contributed by atoms with Crippen LogP contribution in [0.2, 0.25) is 0 Å². The lowest BCUT2D eigenvalue weighted by atomic mass is 10.1. The summed E-state index contributed by atoms with van der Waals surface area (Å²) in [6.07, 6.45) is 1.49. The smallest absolute Gasteiger partial charge is 0.224 e. The maximum absolute atomic E-state index is 11.6. The minimum Gasteiger partial charge on any atom is -0.326 e. The van der Waals surface area contributed by atoms with E-state index in [-0.39, 0.29) is 5.91 Å². The zero-order valence-corrected chi connectivity index (χ0v) is 9.99. The van der Waals surface area contributed by atoms with E-state index in [2.05, 4.69) is 19.2 Å². The summed E-state index contributed by atoms with van der Waals surface area (Å²) in [5.74, 6) is 0.629. The molecule has 16 heavy (non-hydrogen) atoms. The highest BCUT2D eigenvalue weighted by Crippen LogP contribution is 2.11. The summed E-state index contributed by atoms with van der Waals surface area (Å²) in [4.78, 5) is 11.6. The first-order valence-electron chi connectivity index (χ1n) is 5.70. The summed E-state index contributed by atoms with van der Waals surface area (Å²) in [5, 5.41) is 2.88. The van der Waals surface area contributed by atoms with Crippen molar-refractivity contribution >= 4 is 11.6 Å². The average Bonchev–Trinajstić information content (AvgIpc) is 2.26. The molecule has 1 aromatic carbocycles. The van der Waals surface area contributed by atoms with Gasteiger partial charge in [-0.15, -0.1) is 0 Å². The predicted octanol–water partition coefficient (Wildman–Crippen LogP) is 2.52. The van der Waals surface area contributed by atoms with E-state index in [0.29, 0.717) is 18.9 Å². The molecule has 1 aromatic rings. The highest BCUT2D eigenvalue weighted by atomic mass is 16.1. The number of rotatable bonds is 5. The van der Waals surface area contributed by atoms with Crippen molar-refractivity contribution in [3.63, 3.8) is 0 Å². The van der Waals surface area contributed by atoms with Crippen LogP contribution in [-0.4, -0.2) is 5.91 Å². The monoisotopic (exact) mass is 220 g/mol. The lowest BCUT2D eigenvalue weighted by Gasteiger charge is -2.07. The third kappa shape index (κ3) is 4.45. The molecule has 0 saturated carbocycles. The molecule has 1 rings (SSSR count). The van der Waals surface area contributed by atoms with Gasteiger partial charge in [-0.2, -0.15) is 0 Å². The van der Waals surface area contributed by atoms with E-state index in [4.69, 9.17) is 5.73 Å². The molecule has 88 valence electrons. The molecule has 0 spiro atoms. The number of hydrogen-bond donors (Lipinski definition) is 2. The highest BCUT2D eigenvalue weighted by Gasteiger charge is 2.04. The molecule has 0 radical (unpaired) electrons. The Morgan fingerprint density at radius 1 is 1.44 bits per heavy atom. The number of amides is 1. The quantitative estimate of drug-likeness (QED) is 0.801. The number of carbonyl (C=O) groups is 1. The molecule has 0 aliphatic rings. The van der Waals surface area contributed by atoms with E-state index < -0.39 is 0 Å². The van der Waals surface area contributed by atoms with Crippen LogP contribution in [0.25, 0.3) is 0 Å². The van der Waals surface area contributed by atoms with Crippen molar-refractivity contribution in [2.45, 2.75) is 33.2 Å². The third-order valence-corrected chi connectivity index (χ3v) is 2.40. The Kier molecular flexibility index (Phi) is 4.99. The molecule has 3 N–H and O–H groups in total. The lowest BCUT2D eigenvalue weighted by molar-refractivity contribution is -0.116. The van der Waals surface area contributed by atoms with Gasteiger partial charge in [0.25, 0.3) is 0 Å². The molecule has 0 aromatic heterocycles. The molecule has 0 unspecified atom stereocenters. The van der Waals surface area contributed by atoms with Crippen LogP contribution in [0.4, 0.5) is 5.69 Å². The molecule has 0 aliphatic carbocycles. The molecule has 3 heteroatoms. The molecule has 0 fully saturated rings. The zero-order chi connectivity index (χ0) is 12.0. The van der Waals surface area contributed by atoms with Gasteiger partial charge in [0, 0.05) is 18.7 Å². The first kappa shape index (κ1) is 12.7. The number of nitrogens with two attached hydrogens (primary N) is 1. The fourth-order valence-corrected chi connectivity index (χ4v) is 1.42. The number of nitrogens with one attached hydrogen (secondary N) is 1. The summed E-state index contributed by atoms with van der Waals surface area (Å²) < 4.78 is 0. The van der Waals surface area contributed by atoms with Gasteiger partial charge in [-0.1, -0.05) is 26.0 Å². The Bertz CT molecular complexity index is 348. The Morgan fingerprint density at radius 2 is 2.19 bits per heavy atom. The molecular weight excluding hydrogens is 200 g/mol. The molecule has 3 nitrogen and oxygen atoms in total. The maximum Gasteiger partial charge on any atom is 0.224 e. The second-order valence-corrected chi connectivity index (χ2v) is 4.39. The first-order valence-corrected chi connectivity index (χ1v) is 5.70. The van der Waals surface area contributed by atoms with Gasteiger partial charge in [-0.05, 0) is 30.0 Å². The van der Waals surface area contributed by atoms with Crippen molar-refractivity contribution in [3.8, 4) is 0 Å². The SMILES string of the molecule is CC(C)CCC(=O)Nc1cccc(CN)c1. The summed E-state index contributed by atoms with van der Waals surface area (Å²) in [6.45, 7) is 4.72. The molecule has 0 atom stereocenters. The van der Waals surface area contributed by atoms with Crippen LogP contribution in [-0.2, 0) is 11.3 Å². The van der Waals surface area contributed by atoms with Crippen LogP contribution in [0.15, 0.2) is 24.3 Å². The van der Waals surface area contributed by atoms with Crippen molar-refractivity contribution in [3.05, 3.63) is 29.8 Å². The van der Waals surface area contributed by atoms with Gasteiger partial charge in [0.1, 0.15) is 0 Å². The van der Waals surface area contributed by atoms with Crippen LogP contribution < -0.4 is 11.1 Å². The Hall–Kier alpha value is -1.35. The molecular formula is C13H20N2O. The second-order valence-electron chi connectivity index (χ2n) is 4.39. The van der Waals surface area contributed by atoms with E-state index in [0.717, 1.165) is 17.7 Å². The minimum absolute atomic E-state index is 0.0721.